The molecule has 2 aromatic rings. The number of carbonyl (C=O) groups is 1. The Morgan fingerprint density at radius 2 is 1.82 bits per heavy atom. The number of rotatable bonds is 10. The summed E-state index contributed by atoms with van der Waals surface area (Å²) in [6, 6.07) is 10.1. The second-order valence-corrected chi connectivity index (χ2v) is 14.5. The van der Waals surface area contributed by atoms with Crippen molar-refractivity contribution in [3.63, 3.8) is 0 Å². The maximum atomic E-state index is 14.8. The molecule has 2 aromatic carbocycles. The molecule has 0 radical (unpaired) electrons. The second kappa shape index (κ2) is 11.6. The van der Waals surface area contributed by atoms with Gasteiger partial charge in [0.1, 0.15) is 22.9 Å². The zero-order valence-corrected chi connectivity index (χ0v) is 22.0. The molecule has 0 fully saturated rings. The first-order valence-corrected chi connectivity index (χ1v) is 14.4. The van der Waals surface area contributed by atoms with E-state index < -0.39 is 20.1 Å². The first kappa shape index (κ1) is 26.8. The number of esters is 1. The van der Waals surface area contributed by atoms with E-state index in [1.807, 2.05) is 12.1 Å². The first-order chi connectivity index (χ1) is 15.5. The summed E-state index contributed by atoms with van der Waals surface area (Å²) in [7, 11) is -1.91. The molecule has 0 aliphatic rings. The van der Waals surface area contributed by atoms with Crippen LogP contribution in [-0.4, -0.2) is 27.5 Å². The molecule has 0 spiro atoms. The van der Waals surface area contributed by atoms with Crippen LogP contribution in [0.25, 0.3) is 6.08 Å². The molecule has 0 atom stereocenters. The van der Waals surface area contributed by atoms with E-state index >= 15 is 0 Å². The van der Waals surface area contributed by atoms with E-state index in [2.05, 4.69) is 40.8 Å². The largest absolute Gasteiger partial charge is 0.492 e. The fourth-order valence-electron chi connectivity index (χ4n) is 2.88. The van der Waals surface area contributed by atoms with Crippen LogP contribution in [0.3, 0.4) is 0 Å². The standard InChI is InChI=1S/C27H37FO4Si/c1-8-9-17-30-25-21(14-13-18-31-33(6,7)27(3,4)5)19-23(28)20(2)24(25)26(29)32-22-15-11-10-12-16-22/h10-16,19H,8-9,17-18H2,1-7H3/b14-13+. The van der Waals surface area contributed by atoms with Gasteiger partial charge in [-0.15, -0.1) is 0 Å². The van der Waals surface area contributed by atoms with Gasteiger partial charge >= 0.3 is 5.97 Å². The quantitative estimate of drug-likeness (QED) is 0.155. The van der Waals surface area contributed by atoms with Gasteiger partial charge in [0, 0.05) is 11.1 Å². The van der Waals surface area contributed by atoms with Crippen molar-refractivity contribution in [1.82, 2.24) is 0 Å². The van der Waals surface area contributed by atoms with Crippen molar-refractivity contribution in [1.29, 1.82) is 0 Å². The highest BCUT2D eigenvalue weighted by Crippen LogP contribution is 2.37. The summed E-state index contributed by atoms with van der Waals surface area (Å²) in [5.74, 6) is -0.392. The fourth-order valence-corrected chi connectivity index (χ4v) is 3.83. The number of ether oxygens (including phenoxy) is 2. The van der Waals surface area contributed by atoms with Crippen LogP contribution in [0, 0.1) is 12.7 Å². The van der Waals surface area contributed by atoms with E-state index in [-0.39, 0.29) is 16.2 Å². The van der Waals surface area contributed by atoms with Gasteiger partial charge in [0.05, 0.1) is 13.2 Å². The molecule has 180 valence electrons. The molecule has 6 heteroatoms. The van der Waals surface area contributed by atoms with Crippen LogP contribution < -0.4 is 9.47 Å². The zero-order valence-electron chi connectivity index (χ0n) is 21.0. The summed E-state index contributed by atoms with van der Waals surface area (Å²) in [4.78, 5) is 13.1. The minimum absolute atomic E-state index is 0.0968. The summed E-state index contributed by atoms with van der Waals surface area (Å²) in [5.41, 5.74) is 0.810. The Balaban J connectivity index is 2.37. The molecule has 0 aliphatic carbocycles. The highest BCUT2D eigenvalue weighted by Gasteiger charge is 2.36. The Labute approximate surface area is 198 Å². The number of halogens is 1. The first-order valence-electron chi connectivity index (χ1n) is 11.5. The Hall–Kier alpha value is -2.44. The van der Waals surface area contributed by atoms with Crippen molar-refractivity contribution < 1.29 is 23.1 Å². The molecule has 4 nitrogen and oxygen atoms in total. The van der Waals surface area contributed by atoms with Gasteiger partial charge in [-0.3, -0.25) is 0 Å². The molecule has 0 aliphatic heterocycles. The predicted molar refractivity (Wildman–Crippen MR) is 135 cm³/mol. The fraction of sp³-hybridized carbons (Fsp3) is 0.444. The summed E-state index contributed by atoms with van der Waals surface area (Å²) in [6.45, 7) is 15.4. The van der Waals surface area contributed by atoms with Crippen molar-refractivity contribution in [3.8, 4) is 11.5 Å². The number of carbonyl (C=O) groups excluding carboxylic acids is 1. The normalized spacial score (nSPS) is 12.2. The van der Waals surface area contributed by atoms with Gasteiger partial charge in [0.25, 0.3) is 0 Å². The van der Waals surface area contributed by atoms with Crippen molar-refractivity contribution in [2.75, 3.05) is 13.2 Å². The van der Waals surface area contributed by atoms with Crippen molar-refractivity contribution in [2.24, 2.45) is 0 Å². The third-order valence-corrected chi connectivity index (χ3v) is 10.6. The van der Waals surface area contributed by atoms with Crippen molar-refractivity contribution >= 4 is 20.4 Å². The number of benzene rings is 2. The molecular formula is C27H37FO4Si. The third-order valence-electron chi connectivity index (χ3n) is 6.05. The number of hydrogen-bond acceptors (Lipinski definition) is 4. The molecule has 0 bridgehead atoms. The summed E-state index contributed by atoms with van der Waals surface area (Å²) < 4.78 is 32.6. The molecular weight excluding hydrogens is 435 g/mol. The lowest BCUT2D eigenvalue weighted by Gasteiger charge is -2.35. The van der Waals surface area contributed by atoms with Crippen molar-refractivity contribution in [3.05, 3.63) is 65.0 Å². The molecule has 0 heterocycles. The lowest BCUT2D eigenvalue weighted by atomic mass is 10.0. The molecule has 33 heavy (non-hydrogen) atoms. The summed E-state index contributed by atoms with van der Waals surface area (Å²) in [5, 5.41) is 0.0968. The molecule has 0 unspecified atom stereocenters. The van der Waals surface area contributed by atoms with Gasteiger partial charge in [-0.2, -0.15) is 0 Å². The van der Waals surface area contributed by atoms with E-state index in [1.165, 1.54) is 6.07 Å². The van der Waals surface area contributed by atoms with Gasteiger partial charge < -0.3 is 13.9 Å². The Bertz CT molecular complexity index is 962. The van der Waals surface area contributed by atoms with Crippen molar-refractivity contribution in [2.45, 2.75) is 65.6 Å². The Kier molecular flexibility index (Phi) is 9.43. The van der Waals surface area contributed by atoms with Crippen LogP contribution in [0.4, 0.5) is 4.39 Å². The smallest absolute Gasteiger partial charge is 0.347 e. The van der Waals surface area contributed by atoms with Gasteiger partial charge in [0.15, 0.2) is 8.32 Å². The van der Waals surface area contributed by atoms with Crippen LogP contribution >= 0.6 is 0 Å². The molecule has 0 aromatic heterocycles. The Morgan fingerprint density at radius 1 is 1.15 bits per heavy atom. The minimum atomic E-state index is -1.91. The maximum Gasteiger partial charge on any atom is 0.347 e. The van der Waals surface area contributed by atoms with E-state index in [9.17, 15) is 9.18 Å². The van der Waals surface area contributed by atoms with Gasteiger partial charge in [-0.25, -0.2) is 9.18 Å². The Morgan fingerprint density at radius 3 is 2.42 bits per heavy atom. The molecule has 0 saturated heterocycles. The SMILES string of the molecule is CCCCOc1c(/C=C/CO[Si](C)(C)C(C)(C)C)cc(F)c(C)c1C(=O)Oc1ccccc1. The maximum absolute atomic E-state index is 14.8. The minimum Gasteiger partial charge on any atom is -0.492 e. The number of unbranched alkanes of at least 4 members (excludes halogenated alkanes) is 1. The zero-order chi connectivity index (χ0) is 24.6. The second-order valence-electron chi connectivity index (χ2n) is 9.66. The number of para-hydroxylation sites is 1. The van der Waals surface area contributed by atoms with Crippen LogP contribution in [0.5, 0.6) is 11.5 Å². The lowest BCUT2D eigenvalue weighted by molar-refractivity contribution is 0.0728. The molecule has 2 rings (SSSR count). The molecule has 0 saturated carbocycles. The van der Waals surface area contributed by atoms with E-state index in [0.717, 1.165) is 12.8 Å². The monoisotopic (exact) mass is 472 g/mol. The third kappa shape index (κ3) is 7.27. The van der Waals surface area contributed by atoms with E-state index in [0.29, 0.717) is 30.3 Å². The summed E-state index contributed by atoms with van der Waals surface area (Å²) >= 11 is 0. The average molecular weight is 473 g/mol. The predicted octanol–water partition coefficient (Wildman–Crippen LogP) is 7.57. The van der Waals surface area contributed by atoms with E-state index in [4.69, 9.17) is 13.9 Å². The van der Waals surface area contributed by atoms with Gasteiger partial charge in [-0.05, 0) is 49.7 Å². The van der Waals surface area contributed by atoms with Crippen LogP contribution in [0.1, 0.15) is 62.0 Å². The topological polar surface area (TPSA) is 44.8 Å². The van der Waals surface area contributed by atoms with Gasteiger partial charge in [-0.1, -0.05) is 64.5 Å². The van der Waals surface area contributed by atoms with Crippen LogP contribution in [0.2, 0.25) is 18.1 Å². The highest BCUT2D eigenvalue weighted by atomic mass is 28.4. The summed E-state index contributed by atoms with van der Waals surface area (Å²) in [6.07, 6.45) is 5.37. The van der Waals surface area contributed by atoms with E-state index in [1.54, 1.807) is 37.3 Å². The average Bonchev–Trinajstić information content (AvgIpc) is 2.74. The van der Waals surface area contributed by atoms with Crippen LogP contribution in [0.15, 0.2) is 42.5 Å². The van der Waals surface area contributed by atoms with Crippen LogP contribution in [-0.2, 0) is 4.43 Å². The van der Waals surface area contributed by atoms with Gasteiger partial charge in [0.2, 0.25) is 0 Å². The molecule has 0 amide bonds. The lowest BCUT2D eigenvalue weighted by Crippen LogP contribution is -2.40. The highest BCUT2D eigenvalue weighted by molar-refractivity contribution is 6.74. The molecule has 0 N–H and O–H groups in total. The number of hydrogen-bond donors (Lipinski definition) is 0.